The minimum Gasteiger partial charge on any atom is -0.481 e. The van der Waals surface area contributed by atoms with Crippen LogP contribution in [-0.4, -0.2) is 40.5 Å². The predicted molar refractivity (Wildman–Crippen MR) is 145 cm³/mol. The van der Waals surface area contributed by atoms with E-state index in [4.69, 9.17) is 9.84 Å². The second-order valence-electron chi connectivity index (χ2n) is 9.54. The maximum Gasteiger partial charge on any atom is 0.303 e. The highest BCUT2D eigenvalue weighted by atomic mass is 32.2. The first-order valence-electron chi connectivity index (χ1n) is 12.5. The van der Waals surface area contributed by atoms with Crippen molar-refractivity contribution in [1.29, 1.82) is 0 Å². The van der Waals surface area contributed by atoms with E-state index in [2.05, 4.69) is 10.1 Å². The van der Waals surface area contributed by atoms with E-state index in [9.17, 15) is 17.6 Å². The lowest BCUT2D eigenvalue weighted by atomic mass is 10.0. The summed E-state index contributed by atoms with van der Waals surface area (Å²) in [7, 11) is -3.92. The minimum atomic E-state index is -3.92. The molecule has 0 bridgehead atoms. The standard InChI is InChI=1S/C29H24F3N3O5S/c1-16(19-5-3-4-17(27(19)32)6-9-26(36)37)35-13-11-24(34-35)21-14-18(7-8-22(21)30)40-28-23(31)15-25-20(10-12-33-25)29(28)41(2,38)39/h3-5,7-8,10-16,33H,6,9H2,1-2H3,(H,36,37)/t16-/m0/s1. The third kappa shape index (κ3) is 5.55. The molecule has 2 aromatic heterocycles. The van der Waals surface area contributed by atoms with Crippen molar-refractivity contribution in [3.05, 3.63) is 95.6 Å². The van der Waals surface area contributed by atoms with E-state index in [1.807, 2.05) is 0 Å². The van der Waals surface area contributed by atoms with E-state index in [0.29, 0.717) is 0 Å². The molecule has 0 saturated carbocycles. The molecule has 1 atom stereocenters. The molecule has 2 N–H and O–H groups in total. The second kappa shape index (κ2) is 10.8. The Bertz CT molecular complexity index is 1900. The van der Waals surface area contributed by atoms with E-state index < -0.39 is 45.0 Å². The number of nitrogens with zero attached hydrogens (tertiary/aromatic N) is 2. The molecule has 0 spiro atoms. The molecule has 0 aliphatic heterocycles. The summed E-state index contributed by atoms with van der Waals surface area (Å²) in [5, 5.41) is 13.6. The number of aryl methyl sites for hydroxylation is 1. The molecule has 0 aliphatic rings. The third-order valence-corrected chi connectivity index (χ3v) is 7.84. The SMILES string of the molecule is C[C@@H](c1cccc(CCC(=O)O)c1F)n1ccc(-c2cc(Oc3c(F)cc4[nH]ccc4c3S(C)(=O)=O)ccc2F)n1. The van der Waals surface area contributed by atoms with Crippen molar-refractivity contribution in [2.45, 2.75) is 30.7 Å². The number of halogens is 3. The lowest BCUT2D eigenvalue weighted by molar-refractivity contribution is -0.136. The highest BCUT2D eigenvalue weighted by Crippen LogP contribution is 2.38. The summed E-state index contributed by atoms with van der Waals surface area (Å²) in [5.74, 6) is -3.70. The van der Waals surface area contributed by atoms with Crippen LogP contribution in [-0.2, 0) is 21.1 Å². The lowest BCUT2D eigenvalue weighted by Gasteiger charge is -2.16. The molecule has 0 amide bonds. The molecule has 0 radical (unpaired) electrons. The largest absolute Gasteiger partial charge is 0.481 e. The predicted octanol–water partition coefficient (Wildman–Crippen LogP) is 6.27. The van der Waals surface area contributed by atoms with Gasteiger partial charge in [-0.1, -0.05) is 18.2 Å². The van der Waals surface area contributed by atoms with Crippen molar-refractivity contribution in [3.63, 3.8) is 0 Å². The van der Waals surface area contributed by atoms with Gasteiger partial charge >= 0.3 is 5.97 Å². The van der Waals surface area contributed by atoms with Crippen LogP contribution in [0.5, 0.6) is 11.5 Å². The van der Waals surface area contributed by atoms with Gasteiger partial charge in [0.15, 0.2) is 21.4 Å². The smallest absolute Gasteiger partial charge is 0.303 e. The van der Waals surface area contributed by atoms with Gasteiger partial charge < -0.3 is 14.8 Å². The third-order valence-electron chi connectivity index (χ3n) is 6.69. The van der Waals surface area contributed by atoms with Crippen molar-refractivity contribution < 1.29 is 36.2 Å². The molecule has 212 valence electrons. The van der Waals surface area contributed by atoms with Gasteiger partial charge in [-0.15, -0.1) is 0 Å². The number of sulfone groups is 1. The number of rotatable bonds is 9. The number of carboxylic acids is 1. The quantitative estimate of drug-likeness (QED) is 0.211. The number of fused-ring (bicyclic) bond motifs is 1. The fraction of sp³-hybridized carbons (Fsp3) is 0.172. The molecule has 41 heavy (non-hydrogen) atoms. The monoisotopic (exact) mass is 583 g/mol. The van der Waals surface area contributed by atoms with Crippen LogP contribution in [0.15, 0.2) is 71.9 Å². The van der Waals surface area contributed by atoms with E-state index in [1.54, 1.807) is 19.1 Å². The Labute approximate surface area is 232 Å². The zero-order valence-corrected chi connectivity index (χ0v) is 22.7. The highest BCUT2D eigenvalue weighted by Gasteiger charge is 2.25. The molecule has 0 aliphatic carbocycles. The summed E-state index contributed by atoms with van der Waals surface area (Å²) >= 11 is 0. The number of hydrogen-bond donors (Lipinski definition) is 2. The van der Waals surface area contributed by atoms with E-state index in [-0.39, 0.29) is 56.8 Å². The van der Waals surface area contributed by atoms with Crippen molar-refractivity contribution in [3.8, 4) is 22.8 Å². The zero-order valence-electron chi connectivity index (χ0n) is 21.9. The fourth-order valence-corrected chi connectivity index (χ4v) is 5.72. The molecule has 0 fully saturated rings. The molecule has 3 aromatic carbocycles. The molecule has 0 unspecified atom stereocenters. The van der Waals surface area contributed by atoms with Crippen molar-refractivity contribution >= 4 is 26.7 Å². The first kappa shape index (κ1) is 28.0. The maximum absolute atomic E-state index is 15.2. The summed E-state index contributed by atoms with van der Waals surface area (Å²) in [6.45, 7) is 1.69. The highest BCUT2D eigenvalue weighted by molar-refractivity contribution is 7.91. The van der Waals surface area contributed by atoms with Crippen LogP contribution in [0, 0.1) is 17.5 Å². The summed E-state index contributed by atoms with van der Waals surface area (Å²) in [4.78, 5) is 13.3. The Balaban J connectivity index is 1.47. The van der Waals surface area contributed by atoms with Gasteiger partial charge in [0, 0.05) is 53.2 Å². The molecule has 5 rings (SSSR count). The molecular formula is C29H24F3N3O5S. The van der Waals surface area contributed by atoms with Crippen LogP contribution in [0.3, 0.4) is 0 Å². The normalized spacial score (nSPS) is 12.5. The number of carboxylic acid groups (broad SMARTS) is 1. The Morgan fingerprint density at radius 1 is 1.10 bits per heavy atom. The van der Waals surface area contributed by atoms with Gasteiger partial charge in [0.2, 0.25) is 0 Å². The number of aromatic nitrogens is 3. The summed E-state index contributed by atoms with van der Waals surface area (Å²) in [5.41, 5.74) is 0.987. The minimum absolute atomic E-state index is 0.00633. The van der Waals surface area contributed by atoms with E-state index in [0.717, 1.165) is 18.4 Å². The van der Waals surface area contributed by atoms with Crippen LogP contribution in [0.4, 0.5) is 13.2 Å². The zero-order chi connectivity index (χ0) is 29.5. The van der Waals surface area contributed by atoms with Gasteiger partial charge in [0.05, 0.1) is 11.7 Å². The first-order chi connectivity index (χ1) is 19.4. The van der Waals surface area contributed by atoms with Gasteiger partial charge in [0.25, 0.3) is 0 Å². The summed E-state index contributed by atoms with van der Waals surface area (Å²) < 4.78 is 77.3. The Morgan fingerprint density at radius 2 is 1.88 bits per heavy atom. The van der Waals surface area contributed by atoms with Gasteiger partial charge in [-0.25, -0.2) is 21.6 Å². The second-order valence-corrected chi connectivity index (χ2v) is 11.5. The van der Waals surface area contributed by atoms with Crippen molar-refractivity contribution in [2.24, 2.45) is 0 Å². The topological polar surface area (TPSA) is 114 Å². The van der Waals surface area contributed by atoms with Gasteiger partial charge in [-0.3, -0.25) is 9.48 Å². The van der Waals surface area contributed by atoms with Crippen LogP contribution in [0.25, 0.3) is 22.2 Å². The number of hydrogen-bond acceptors (Lipinski definition) is 5. The van der Waals surface area contributed by atoms with Crippen molar-refractivity contribution in [1.82, 2.24) is 14.8 Å². The van der Waals surface area contributed by atoms with Crippen LogP contribution >= 0.6 is 0 Å². The summed E-state index contributed by atoms with van der Waals surface area (Å²) in [6.07, 6.45) is 3.77. The van der Waals surface area contributed by atoms with Crippen LogP contribution in [0.2, 0.25) is 0 Å². The maximum atomic E-state index is 15.2. The lowest BCUT2D eigenvalue weighted by Crippen LogP contribution is -2.11. The number of carbonyl (C=O) groups is 1. The average Bonchev–Trinajstić information content (AvgIpc) is 3.58. The molecule has 5 aromatic rings. The molecule has 12 heteroatoms. The number of nitrogens with one attached hydrogen (secondary N) is 1. The van der Waals surface area contributed by atoms with Crippen LogP contribution < -0.4 is 4.74 Å². The molecular weight excluding hydrogens is 559 g/mol. The van der Waals surface area contributed by atoms with Gasteiger partial charge in [-0.05, 0) is 49.2 Å². The van der Waals surface area contributed by atoms with Crippen LogP contribution in [0.1, 0.15) is 30.5 Å². The van der Waals surface area contributed by atoms with E-state index in [1.165, 1.54) is 47.4 Å². The summed E-state index contributed by atoms with van der Waals surface area (Å²) in [6, 6.07) is 11.8. The van der Waals surface area contributed by atoms with E-state index >= 15 is 8.78 Å². The number of aliphatic carboxylic acids is 1. The van der Waals surface area contributed by atoms with Gasteiger partial charge in [0.1, 0.15) is 22.3 Å². The fourth-order valence-electron chi connectivity index (χ4n) is 4.66. The number of aromatic amines is 1. The van der Waals surface area contributed by atoms with Crippen molar-refractivity contribution in [2.75, 3.05) is 6.26 Å². The Morgan fingerprint density at radius 3 is 2.61 bits per heavy atom. The molecule has 0 saturated heterocycles. The Hall–Kier alpha value is -4.58. The number of H-pyrrole nitrogens is 1. The van der Waals surface area contributed by atoms with Gasteiger partial charge in [-0.2, -0.15) is 5.10 Å². The number of benzene rings is 3. The average molecular weight is 584 g/mol. The molecule has 2 heterocycles. The first-order valence-corrected chi connectivity index (χ1v) is 14.3. The number of ether oxygens (including phenoxy) is 1. The molecule has 8 nitrogen and oxygen atoms in total. The Kier molecular flexibility index (Phi) is 7.35.